The number of aromatic nitrogens is 2. The van der Waals surface area contributed by atoms with Crippen molar-refractivity contribution in [2.75, 3.05) is 0 Å². The van der Waals surface area contributed by atoms with Crippen LogP contribution >= 0.6 is 11.6 Å². The van der Waals surface area contributed by atoms with E-state index in [1.165, 1.54) is 12.1 Å². The van der Waals surface area contributed by atoms with E-state index in [4.69, 9.17) is 16.1 Å². The number of hydrogen-bond acceptors (Lipinski definition) is 4. The smallest absolute Gasteiger partial charge is 0.261 e. The first kappa shape index (κ1) is 13.0. The van der Waals surface area contributed by atoms with Crippen LogP contribution in [0.2, 0.25) is 5.02 Å². The predicted molar refractivity (Wildman–Crippen MR) is 64.6 cm³/mol. The van der Waals surface area contributed by atoms with E-state index in [1.54, 1.807) is 6.07 Å². The average molecular weight is 271 g/mol. The zero-order chi connectivity index (χ0) is 13.1. The third-order valence-electron chi connectivity index (χ3n) is 2.48. The average Bonchev–Trinajstić information content (AvgIpc) is 2.82. The lowest BCUT2D eigenvalue weighted by Crippen LogP contribution is -1.99. The molecule has 0 saturated heterocycles. The lowest BCUT2D eigenvalue weighted by molar-refractivity contribution is 0.153. The predicted octanol–water partition coefficient (Wildman–Crippen LogP) is 3.36. The van der Waals surface area contributed by atoms with Crippen LogP contribution in [0, 0.1) is 5.82 Å². The van der Waals surface area contributed by atoms with E-state index in [-0.39, 0.29) is 22.3 Å². The SMILES string of the molecule is CCCC(O)c1noc(-c2cccc(Cl)c2F)n1. The molecule has 1 aromatic carbocycles. The molecule has 0 spiro atoms. The molecule has 1 atom stereocenters. The topological polar surface area (TPSA) is 59.2 Å². The molecule has 0 aliphatic carbocycles. The maximum Gasteiger partial charge on any atom is 0.261 e. The second-order valence-corrected chi connectivity index (χ2v) is 4.27. The molecule has 96 valence electrons. The van der Waals surface area contributed by atoms with E-state index in [0.717, 1.165) is 6.42 Å². The Labute approximate surface area is 108 Å². The Balaban J connectivity index is 2.32. The molecule has 0 amide bonds. The van der Waals surface area contributed by atoms with Crippen LogP contribution in [0.15, 0.2) is 22.7 Å². The highest BCUT2D eigenvalue weighted by molar-refractivity contribution is 6.31. The molecule has 1 aromatic heterocycles. The molecule has 0 radical (unpaired) electrons. The van der Waals surface area contributed by atoms with Gasteiger partial charge in [-0.3, -0.25) is 0 Å². The summed E-state index contributed by atoms with van der Waals surface area (Å²) < 4.78 is 18.7. The van der Waals surface area contributed by atoms with Gasteiger partial charge in [0.15, 0.2) is 5.82 Å². The molecule has 0 bridgehead atoms. The van der Waals surface area contributed by atoms with Gasteiger partial charge >= 0.3 is 0 Å². The number of aliphatic hydroxyl groups is 1. The van der Waals surface area contributed by atoms with E-state index < -0.39 is 11.9 Å². The third kappa shape index (κ3) is 2.52. The normalized spacial score (nSPS) is 12.7. The summed E-state index contributed by atoms with van der Waals surface area (Å²) in [5, 5.41) is 13.3. The van der Waals surface area contributed by atoms with E-state index >= 15 is 0 Å². The molecule has 1 N–H and O–H groups in total. The van der Waals surface area contributed by atoms with Crippen LogP contribution in [-0.2, 0) is 0 Å². The first-order valence-electron chi connectivity index (χ1n) is 5.59. The van der Waals surface area contributed by atoms with Crippen molar-refractivity contribution in [3.63, 3.8) is 0 Å². The molecule has 6 heteroatoms. The van der Waals surface area contributed by atoms with Gasteiger partial charge in [0.05, 0.1) is 10.6 Å². The fourth-order valence-corrected chi connectivity index (χ4v) is 1.73. The molecule has 18 heavy (non-hydrogen) atoms. The molecule has 2 aromatic rings. The molecule has 1 unspecified atom stereocenters. The van der Waals surface area contributed by atoms with Gasteiger partial charge in [-0.25, -0.2) is 4.39 Å². The molecule has 0 saturated carbocycles. The highest BCUT2D eigenvalue weighted by atomic mass is 35.5. The van der Waals surface area contributed by atoms with Crippen LogP contribution in [0.1, 0.15) is 31.7 Å². The van der Waals surface area contributed by atoms with Gasteiger partial charge in [-0.1, -0.05) is 36.2 Å². The number of nitrogens with zero attached hydrogens (tertiary/aromatic N) is 2. The van der Waals surface area contributed by atoms with Crippen molar-refractivity contribution in [1.82, 2.24) is 10.1 Å². The van der Waals surface area contributed by atoms with Crippen molar-refractivity contribution in [2.24, 2.45) is 0 Å². The summed E-state index contributed by atoms with van der Waals surface area (Å²) in [5.74, 6) is -0.439. The van der Waals surface area contributed by atoms with E-state index in [0.29, 0.717) is 6.42 Å². The molecule has 4 nitrogen and oxygen atoms in total. The molecule has 2 rings (SSSR count). The first-order valence-corrected chi connectivity index (χ1v) is 5.97. The number of hydrogen-bond donors (Lipinski definition) is 1. The molecule has 0 aliphatic rings. The van der Waals surface area contributed by atoms with Crippen LogP contribution in [0.5, 0.6) is 0 Å². The van der Waals surface area contributed by atoms with Crippen LogP contribution < -0.4 is 0 Å². The number of benzene rings is 1. The fraction of sp³-hybridized carbons (Fsp3) is 0.333. The molecule has 0 fully saturated rings. The Morgan fingerprint density at radius 1 is 1.50 bits per heavy atom. The Hall–Kier alpha value is -1.46. The highest BCUT2D eigenvalue weighted by Crippen LogP contribution is 2.27. The summed E-state index contributed by atoms with van der Waals surface area (Å²) in [5.41, 5.74) is 0.130. The van der Waals surface area contributed by atoms with Crippen LogP contribution in [0.25, 0.3) is 11.5 Å². The number of halogens is 2. The maximum absolute atomic E-state index is 13.7. The second kappa shape index (κ2) is 5.46. The minimum absolute atomic E-state index is 0.0126. The largest absolute Gasteiger partial charge is 0.385 e. The van der Waals surface area contributed by atoms with Crippen molar-refractivity contribution >= 4 is 11.6 Å². The van der Waals surface area contributed by atoms with Crippen molar-refractivity contribution in [1.29, 1.82) is 0 Å². The Kier molecular flexibility index (Phi) is 3.93. The van der Waals surface area contributed by atoms with Gasteiger partial charge in [0.25, 0.3) is 5.89 Å². The van der Waals surface area contributed by atoms with Gasteiger partial charge < -0.3 is 9.63 Å². The molecule has 1 heterocycles. The fourth-order valence-electron chi connectivity index (χ4n) is 1.55. The van der Waals surface area contributed by atoms with Gasteiger partial charge in [0.2, 0.25) is 5.82 Å². The number of rotatable bonds is 4. The third-order valence-corrected chi connectivity index (χ3v) is 2.78. The Morgan fingerprint density at radius 2 is 2.28 bits per heavy atom. The van der Waals surface area contributed by atoms with E-state index in [2.05, 4.69) is 10.1 Å². The molecular weight excluding hydrogens is 259 g/mol. The van der Waals surface area contributed by atoms with E-state index in [1.807, 2.05) is 6.92 Å². The van der Waals surface area contributed by atoms with E-state index in [9.17, 15) is 9.50 Å². The summed E-state index contributed by atoms with van der Waals surface area (Å²) in [6.45, 7) is 1.93. The Bertz CT molecular complexity index is 545. The Morgan fingerprint density at radius 3 is 3.00 bits per heavy atom. The minimum Gasteiger partial charge on any atom is -0.385 e. The zero-order valence-electron chi connectivity index (χ0n) is 9.73. The van der Waals surface area contributed by atoms with Crippen molar-refractivity contribution in [3.8, 4) is 11.5 Å². The highest BCUT2D eigenvalue weighted by Gasteiger charge is 2.18. The lowest BCUT2D eigenvalue weighted by Gasteiger charge is -2.01. The minimum atomic E-state index is -0.797. The lowest BCUT2D eigenvalue weighted by atomic mass is 10.2. The summed E-state index contributed by atoms with van der Waals surface area (Å²) in [4.78, 5) is 3.97. The van der Waals surface area contributed by atoms with Gasteiger partial charge in [-0.2, -0.15) is 4.98 Å². The van der Waals surface area contributed by atoms with Gasteiger partial charge in [0, 0.05) is 0 Å². The van der Waals surface area contributed by atoms with Crippen molar-refractivity contribution in [2.45, 2.75) is 25.9 Å². The monoisotopic (exact) mass is 270 g/mol. The summed E-state index contributed by atoms with van der Waals surface area (Å²) >= 11 is 5.67. The van der Waals surface area contributed by atoms with Crippen molar-refractivity contribution in [3.05, 3.63) is 34.9 Å². The molecular formula is C12H12ClFN2O2. The van der Waals surface area contributed by atoms with Crippen LogP contribution in [0.3, 0.4) is 0 Å². The second-order valence-electron chi connectivity index (χ2n) is 3.86. The quantitative estimate of drug-likeness (QED) is 0.925. The van der Waals surface area contributed by atoms with Crippen LogP contribution in [-0.4, -0.2) is 15.2 Å². The zero-order valence-corrected chi connectivity index (χ0v) is 10.5. The molecule has 0 aliphatic heterocycles. The first-order chi connectivity index (χ1) is 8.63. The summed E-state index contributed by atoms with van der Waals surface area (Å²) in [6.07, 6.45) is 0.517. The maximum atomic E-state index is 13.7. The van der Waals surface area contributed by atoms with Gasteiger partial charge in [-0.05, 0) is 18.6 Å². The standard InChI is InChI=1S/C12H12ClFN2O2/c1-2-4-9(17)11-15-12(18-16-11)7-5-3-6-8(13)10(7)14/h3,5-6,9,17H,2,4H2,1H3. The number of aliphatic hydroxyl groups excluding tert-OH is 1. The van der Waals surface area contributed by atoms with Crippen molar-refractivity contribution < 1.29 is 14.0 Å². The van der Waals surface area contributed by atoms with Gasteiger partial charge in [-0.15, -0.1) is 0 Å². The summed E-state index contributed by atoms with van der Waals surface area (Å²) in [6, 6.07) is 4.52. The summed E-state index contributed by atoms with van der Waals surface area (Å²) in [7, 11) is 0. The van der Waals surface area contributed by atoms with Crippen LogP contribution in [0.4, 0.5) is 4.39 Å². The van der Waals surface area contributed by atoms with Gasteiger partial charge in [0.1, 0.15) is 6.10 Å².